The van der Waals surface area contributed by atoms with Gasteiger partial charge in [0.2, 0.25) is 0 Å². The molecule has 1 N–H and O–H groups in total. The van der Waals surface area contributed by atoms with Gasteiger partial charge in [-0.2, -0.15) is 5.10 Å². The Hall–Kier alpha value is -2.59. The van der Waals surface area contributed by atoms with E-state index in [1.165, 1.54) is 22.4 Å². The normalized spacial score (nSPS) is 14.4. The number of hydrogen-bond acceptors (Lipinski definition) is 3. The molecule has 2 aromatic carbocycles. The van der Waals surface area contributed by atoms with Crippen LogP contribution >= 0.6 is 0 Å². The fourth-order valence-electron chi connectivity index (χ4n) is 3.40. The molecule has 122 valence electrons. The lowest BCUT2D eigenvalue weighted by Gasteiger charge is -2.27. The summed E-state index contributed by atoms with van der Waals surface area (Å²) < 4.78 is 5.49. The first-order valence-corrected chi connectivity index (χ1v) is 8.31. The van der Waals surface area contributed by atoms with Gasteiger partial charge >= 0.3 is 0 Å². The van der Waals surface area contributed by atoms with Gasteiger partial charge in [-0.3, -0.25) is 10.00 Å². The number of rotatable bonds is 4. The molecule has 0 spiro atoms. The molecule has 0 saturated carbocycles. The molecule has 0 saturated heterocycles. The maximum atomic E-state index is 5.49. The van der Waals surface area contributed by atoms with E-state index in [1.807, 2.05) is 18.2 Å². The predicted octanol–water partition coefficient (Wildman–Crippen LogP) is 3.64. The van der Waals surface area contributed by atoms with Crippen LogP contribution in [0.15, 0.2) is 54.6 Å². The first kappa shape index (κ1) is 15.0. The van der Waals surface area contributed by atoms with Gasteiger partial charge in [-0.1, -0.05) is 48.5 Å². The second-order valence-electron chi connectivity index (χ2n) is 6.17. The average Bonchev–Trinajstić information content (AvgIpc) is 3.06. The minimum absolute atomic E-state index is 0.892. The van der Waals surface area contributed by atoms with E-state index in [0.29, 0.717) is 0 Å². The Labute approximate surface area is 142 Å². The van der Waals surface area contributed by atoms with Crippen LogP contribution in [0.4, 0.5) is 0 Å². The molecule has 0 fully saturated rings. The molecule has 0 unspecified atom stereocenters. The van der Waals surface area contributed by atoms with E-state index in [1.54, 1.807) is 7.11 Å². The molecule has 0 bridgehead atoms. The molecule has 1 aliphatic rings. The molecular weight excluding hydrogens is 298 g/mol. The largest absolute Gasteiger partial charge is 0.496 e. The van der Waals surface area contributed by atoms with Crippen molar-refractivity contribution in [2.75, 3.05) is 13.7 Å². The Morgan fingerprint density at radius 2 is 1.88 bits per heavy atom. The number of H-pyrrole nitrogens is 1. The molecular formula is C20H21N3O. The van der Waals surface area contributed by atoms with E-state index in [4.69, 9.17) is 4.74 Å². The zero-order chi connectivity index (χ0) is 16.4. The van der Waals surface area contributed by atoms with Gasteiger partial charge in [-0.15, -0.1) is 0 Å². The number of aromatic nitrogens is 2. The highest BCUT2D eigenvalue weighted by molar-refractivity contribution is 5.64. The molecule has 0 amide bonds. The third-order valence-corrected chi connectivity index (χ3v) is 4.65. The van der Waals surface area contributed by atoms with E-state index in [9.17, 15) is 0 Å². The lowest BCUT2D eigenvalue weighted by Crippen LogP contribution is -2.30. The van der Waals surface area contributed by atoms with Gasteiger partial charge in [-0.25, -0.2) is 0 Å². The Bertz CT molecular complexity index is 826. The summed E-state index contributed by atoms with van der Waals surface area (Å²) in [4.78, 5) is 2.46. The number of benzene rings is 2. The molecule has 4 rings (SSSR count). The van der Waals surface area contributed by atoms with Gasteiger partial charge in [0.05, 0.1) is 12.8 Å². The minimum atomic E-state index is 0.892. The van der Waals surface area contributed by atoms with Crippen molar-refractivity contribution in [1.82, 2.24) is 15.1 Å². The van der Waals surface area contributed by atoms with Crippen LogP contribution < -0.4 is 4.74 Å². The molecule has 3 aromatic rings. The van der Waals surface area contributed by atoms with E-state index in [-0.39, 0.29) is 0 Å². The van der Waals surface area contributed by atoms with Crippen LogP contribution in [-0.2, 0) is 19.5 Å². The first-order valence-electron chi connectivity index (χ1n) is 8.31. The lowest BCUT2D eigenvalue weighted by atomic mass is 10.0. The fourth-order valence-corrected chi connectivity index (χ4v) is 3.40. The van der Waals surface area contributed by atoms with Crippen molar-refractivity contribution in [3.05, 3.63) is 71.4 Å². The van der Waals surface area contributed by atoms with Crippen LogP contribution in [0.25, 0.3) is 11.3 Å². The van der Waals surface area contributed by atoms with Crippen LogP contribution in [-0.4, -0.2) is 28.8 Å². The Morgan fingerprint density at radius 3 is 2.71 bits per heavy atom. The van der Waals surface area contributed by atoms with Gasteiger partial charge < -0.3 is 4.74 Å². The summed E-state index contributed by atoms with van der Waals surface area (Å²) in [6, 6.07) is 18.7. The highest BCUT2D eigenvalue weighted by Crippen LogP contribution is 2.29. The van der Waals surface area contributed by atoms with Crippen LogP contribution in [0, 0.1) is 0 Å². The van der Waals surface area contributed by atoms with Gasteiger partial charge in [-0.05, 0) is 6.07 Å². The van der Waals surface area contributed by atoms with Gasteiger partial charge in [0.15, 0.2) is 0 Å². The van der Waals surface area contributed by atoms with Crippen molar-refractivity contribution in [2.24, 2.45) is 0 Å². The molecule has 0 atom stereocenters. The SMILES string of the molecule is COc1ccccc1CN1CCc2[nH]nc(-c3ccccc3)c2C1. The van der Waals surface area contributed by atoms with Gasteiger partial charge in [0.25, 0.3) is 0 Å². The van der Waals surface area contributed by atoms with Crippen LogP contribution in [0.5, 0.6) is 5.75 Å². The van der Waals surface area contributed by atoms with Crippen LogP contribution in [0.3, 0.4) is 0 Å². The number of methoxy groups -OCH3 is 1. The second kappa shape index (κ2) is 6.49. The lowest BCUT2D eigenvalue weighted by molar-refractivity contribution is 0.241. The number of nitrogens with one attached hydrogen (secondary N) is 1. The van der Waals surface area contributed by atoms with Crippen molar-refractivity contribution in [1.29, 1.82) is 0 Å². The zero-order valence-electron chi connectivity index (χ0n) is 13.8. The summed E-state index contributed by atoms with van der Waals surface area (Å²) in [5.74, 6) is 0.957. The fraction of sp³-hybridized carbons (Fsp3) is 0.250. The quantitative estimate of drug-likeness (QED) is 0.798. The van der Waals surface area contributed by atoms with E-state index in [2.05, 4.69) is 51.5 Å². The summed E-state index contributed by atoms with van der Waals surface area (Å²) in [5.41, 5.74) is 6.07. The molecule has 1 aromatic heterocycles. The second-order valence-corrected chi connectivity index (χ2v) is 6.17. The number of fused-ring (bicyclic) bond motifs is 1. The Kier molecular flexibility index (Phi) is 4.05. The number of aromatic amines is 1. The van der Waals surface area contributed by atoms with Gasteiger partial charge in [0, 0.05) is 48.4 Å². The molecule has 24 heavy (non-hydrogen) atoms. The van der Waals surface area contributed by atoms with Crippen molar-refractivity contribution < 1.29 is 4.74 Å². The summed E-state index contributed by atoms with van der Waals surface area (Å²) in [7, 11) is 1.73. The minimum Gasteiger partial charge on any atom is -0.496 e. The van der Waals surface area contributed by atoms with Crippen LogP contribution in [0.1, 0.15) is 16.8 Å². The van der Waals surface area contributed by atoms with E-state index < -0.39 is 0 Å². The molecule has 0 radical (unpaired) electrons. The van der Waals surface area contributed by atoms with Crippen molar-refractivity contribution >= 4 is 0 Å². The molecule has 4 heteroatoms. The standard InChI is InChI=1S/C20H21N3O/c1-24-19-10-6-5-9-16(19)13-23-12-11-18-17(14-23)20(22-21-18)15-7-3-2-4-8-15/h2-10H,11-14H2,1H3,(H,21,22). The van der Waals surface area contributed by atoms with E-state index >= 15 is 0 Å². The maximum absolute atomic E-state index is 5.49. The summed E-state index contributed by atoms with van der Waals surface area (Å²) in [5, 5.41) is 7.80. The van der Waals surface area contributed by atoms with Crippen LogP contribution in [0.2, 0.25) is 0 Å². The average molecular weight is 319 g/mol. The highest BCUT2D eigenvalue weighted by Gasteiger charge is 2.23. The van der Waals surface area contributed by atoms with E-state index in [0.717, 1.165) is 37.5 Å². The number of hydrogen-bond donors (Lipinski definition) is 1. The summed E-state index contributed by atoms with van der Waals surface area (Å²) in [6.07, 6.45) is 1.00. The highest BCUT2D eigenvalue weighted by atomic mass is 16.5. The Balaban J connectivity index is 1.58. The molecule has 0 aliphatic carbocycles. The van der Waals surface area contributed by atoms with Crippen molar-refractivity contribution in [2.45, 2.75) is 19.5 Å². The maximum Gasteiger partial charge on any atom is 0.123 e. The Morgan fingerprint density at radius 1 is 1.08 bits per heavy atom. The third kappa shape index (κ3) is 2.81. The monoisotopic (exact) mass is 319 g/mol. The van der Waals surface area contributed by atoms with Gasteiger partial charge in [0.1, 0.15) is 5.75 Å². The summed E-state index contributed by atoms with van der Waals surface area (Å²) >= 11 is 0. The third-order valence-electron chi connectivity index (χ3n) is 4.65. The molecule has 4 nitrogen and oxygen atoms in total. The smallest absolute Gasteiger partial charge is 0.123 e. The first-order chi connectivity index (χ1) is 11.8. The zero-order valence-corrected chi connectivity index (χ0v) is 13.8. The number of ether oxygens (including phenoxy) is 1. The predicted molar refractivity (Wildman–Crippen MR) is 94.8 cm³/mol. The summed E-state index contributed by atoms with van der Waals surface area (Å²) in [6.45, 7) is 2.83. The number of nitrogens with zero attached hydrogens (tertiary/aromatic N) is 2. The number of para-hydroxylation sites is 1. The van der Waals surface area contributed by atoms with Crippen molar-refractivity contribution in [3.8, 4) is 17.0 Å². The van der Waals surface area contributed by atoms with Crippen molar-refractivity contribution in [3.63, 3.8) is 0 Å². The molecule has 1 aliphatic heterocycles. The molecule has 2 heterocycles. The topological polar surface area (TPSA) is 41.1 Å².